The van der Waals surface area contributed by atoms with E-state index in [1.165, 1.54) is 0 Å². The average Bonchev–Trinajstić information content (AvgIpc) is 3.44. The Hall–Kier alpha value is -3.36. The zero-order chi connectivity index (χ0) is 21.5. The number of carbonyl (C=O) groups excluding carboxylic acids is 4. The fraction of sp³-hybridized carbons (Fsp3) is 0.429. The summed E-state index contributed by atoms with van der Waals surface area (Å²) in [7, 11) is 0. The quantitative estimate of drug-likeness (QED) is 0.529. The Kier molecular flexibility index (Phi) is 4.97. The summed E-state index contributed by atoms with van der Waals surface area (Å²) >= 11 is 0. The number of rotatable bonds is 7. The molecular weight excluding hydrogens is 390 g/mol. The number of furan rings is 1. The van der Waals surface area contributed by atoms with Gasteiger partial charge in [0.2, 0.25) is 0 Å². The second-order valence-electron chi connectivity index (χ2n) is 7.93. The molecule has 1 saturated carbocycles. The van der Waals surface area contributed by atoms with Gasteiger partial charge >= 0.3 is 12.0 Å². The third kappa shape index (κ3) is 3.74. The third-order valence-corrected chi connectivity index (χ3v) is 5.60. The molecule has 9 nitrogen and oxygen atoms in total. The molecule has 0 unspecified atom stereocenters. The molecule has 4 amide bonds. The van der Waals surface area contributed by atoms with Gasteiger partial charge in [-0.3, -0.25) is 19.3 Å². The highest BCUT2D eigenvalue weighted by atomic mass is 16.5. The van der Waals surface area contributed by atoms with Crippen LogP contribution in [0.4, 0.5) is 4.79 Å². The van der Waals surface area contributed by atoms with Crippen LogP contribution < -0.4 is 10.6 Å². The number of esters is 1. The highest BCUT2D eigenvalue weighted by Gasteiger charge is 2.56. The first-order valence-electron chi connectivity index (χ1n) is 9.85. The minimum Gasteiger partial charge on any atom is -0.459 e. The summed E-state index contributed by atoms with van der Waals surface area (Å²) < 4.78 is 10.6. The van der Waals surface area contributed by atoms with Crippen LogP contribution in [0.15, 0.2) is 34.7 Å². The van der Waals surface area contributed by atoms with Gasteiger partial charge < -0.3 is 19.8 Å². The molecular formula is C21H23N3O6. The lowest BCUT2D eigenvalue weighted by Gasteiger charge is -2.20. The number of para-hydroxylation sites is 1. The molecule has 1 aromatic carbocycles. The maximum atomic E-state index is 12.5. The largest absolute Gasteiger partial charge is 0.459 e. The molecule has 9 heteroatoms. The Morgan fingerprint density at radius 2 is 2.07 bits per heavy atom. The molecule has 1 aliphatic heterocycles. The molecule has 0 spiro atoms. The van der Waals surface area contributed by atoms with E-state index >= 15 is 0 Å². The van der Waals surface area contributed by atoms with Crippen LogP contribution in [0.5, 0.6) is 0 Å². The van der Waals surface area contributed by atoms with Gasteiger partial charge in [0.05, 0.1) is 6.04 Å². The number of amides is 4. The highest BCUT2D eigenvalue weighted by molar-refractivity contribution is 6.08. The Bertz CT molecular complexity index is 994. The zero-order valence-corrected chi connectivity index (χ0v) is 16.8. The number of nitrogens with zero attached hydrogens (tertiary/aromatic N) is 1. The molecule has 158 valence electrons. The first kappa shape index (κ1) is 19.9. The lowest BCUT2D eigenvalue weighted by Crippen LogP contribution is -2.46. The summed E-state index contributed by atoms with van der Waals surface area (Å²) in [5.74, 6) is -1.11. The van der Waals surface area contributed by atoms with Crippen molar-refractivity contribution in [2.24, 2.45) is 5.92 Å². The van der Waals surface area contributed by atoms with Crippen LogP contribution in [-0.2, 0) is 19.1 Å². The van der Waals surface area contributed by atoms with E-state index in [4.69, 9.17) is 9.15 Å². The van der Waals surface area contributed by atoms with Gasteiger partial charge in [-0.05, 0) is 44.7 Å². The molecule has 0 radical (unpaired) electrons. The number of carbonyl (C=O) groups is 4. The summed E-state index contributed by atoms with van der Waals surface area (Å²) in [6, 6.07) is 8.28. The van der Waals surface area contributed by atoms with E-state index in [0.717, 1.165) is 23.1 Å². The number of ether oxygens (including phenoxy) is 1. The summed E-state index contributed by atoms with van der Waals surface area (Å²) in [4.78, 5) is 49.6. The monoisotopic (exact) mass is 413 g/mol. The average molecular weight is 413 g/mol. The Morgan fingerprint density at radius 1 is 1.33 bits per heavy atom. The van der Waals surface area contributed by atoms with Crippen molar-refractivity contribution in [3.63, 3.8) is 0 Å². The van der Waals surface area contributed by atoms with Crippen molar-refractivity contribution in [3.8, 4) is 0 Å². The number of urea groups is 1. The van der Waals surface area contributed by atoms with Crippen LogP contribution in [0, 0.1) is 5.92 Å². The molecule has 2 aromatic rings. The standard InChI is InChI=1S/C21H23N3O6/c1-12(16-9-13-5-3-4-6-15(13)30-16)22-17(25)11-29-18(26)10-24-19(27)21(2,14-7-8-14)23-20(24)28/h3-6,9,12,14H,7-8,10-11H2,1-2H3,(H,22,25)(H,23,28)/t12-,21-/m0/s1. The fourth-order valence-corrected chi connectivity index (χ4v) is 3.69. The predicted octanol–water partition coefficient (Wildman–Crippen LogP) is 1.87. The lowest BCUT2D eigenvalue weighted by atomic mass is 9.96. The smallest absolute Gasteiger partial charge is 0.326 e. The van der Waals surface area contributed by atoms with Gasteiger partial charge in [0.15, 0.2) is 6.61 Å². The molecule has 2 aliphatic rings. The van der Waals surface area contributed by atoms with Crippen molar-refractivity contribution in [1.82, 2.24) is 15.5 Å². The summed E-state index contributed by atoms with van der Waals surface area (Å²) in [5, 5.41) is 6.27. The van der Waals surface area contributed by atoms with Gasteiger partial charge in [0.1, 0.15) is 23.4 Å². The molecule has 30 heavy (non-hydrogen) atoms. The van der Waals surface area contributed by atoms with Crippen molar-refractivity contribution in [1.29, 1.82) is 0 Å². The third-order valence-electron chi connectivity index (χ3n) is 5.60. The first-order chi connectivity index (χ1) is 14.3. The van der Waals surface area contributed by atoms with Crippen molar-refractivity contribution in [2.75, 3.05) is 13.2 Å². The molecule has 1 saturated heterocycles. The summed E-state index contributed by atoms with van der Waals surface area (Å²) in [6.45, 7) is 2.37. The van der Waals surface area contributed by atoms with Gasteiger partial charge in [0, 0.05) is 5.39 Å². The molecule has 2 N–H and O–H groups in total. The van der Waals surface area contributed by atoms with Crippen molar-refractivity contribution < 1.29 is 28.3 Å². The molecule has 1 aliphatic carbocycles. The van der Waals surface area contributed by atoms with Crippen LogP contribution in [0.3, 0.4) is 0 Å². The van der Waals surface area contributed by atoms with Crippen LogP contribution in [-0.4, -0.2) is 47.4 Å². The number of nitrogens with one attached hydrogen (secondary N) is 2. The minimum absolute atomic E-state index is 0.0977. The van der Waals surface area contributed by atoms with E-state index in [1.807, 2.05) is 30.3 Å². The molecule has 1 aromatic heterocycles. The van der Waals surface area contributed by atoms with Crippen LogP contribution in [0.2, 0.25) is 0 Å². The number of benzene rings is 1. The fourth-order valence-electron chi connectivity index (χ4n) is 3.69. The van der Waals surface area contributed by atoms with Gasteiger partial charge in [-0.2, -0.15) is 0 Å². The maximum absolute atomic E-state index is 12.5. The summed E-state index contributed by atoms with van der Waals surface area (Å²) in [6.07, 6.45) is 1.73. The van der Waals surface area contributed by atoms with Gasteiger partial charge in [-0.1, -0.05) is 18.2 Å². The van der Waals surface area contributed by atoms with Gasteiger partial charge in [-0.25, -0.2) is 4.79 Å². The van der Waals surface area contributed by atoms with E-state index in [1.54, 1.807) is 13.8 Å². The predicted molar refractivity (Wildman–Crippen MR) is 105 cm³/mol. The SMILES string of the molecule is C[C@H](NC(=O)COC(=O)CN1C(=O)N[C@@](C)(C2CC2)C1=O)c1cc2ccccc2o1. The number of fused-ring (bicyclic) bond motifs is 1. The molecule has 4 rings (SSSR count). The van der Waals surface area contributed by atoms with Crippen molar-refractivity contribution >= 4 is 34.8 Å². The molecule has 2 fully saturated rings. The van der Waals surface area contributed by atoms with E-state index in [2.05, 4.69) is 10.6 Å². The molecule has 0 bridgehead atoms. The Labute approximate surface area is 172 Å². The maximum Gasteiger partial charge on any atom is 0.326 e. The van der Waals surface area contributed by atoms with E-state index in [0.29, 0.717) is 11.3 Å². The Morgan fingerprint density at radius 3 is 2.77 bits per heavy atom. The number of imide groups is 1. The Balaban J connectivity index is 1.27. The summed E-state index contributed by atoms with van der Waals surface area (Å²) in [5.41, 5.74) is -0.247. The highest BCUT2D eigenvalue weighted by Crippen LogP contribution is 2.42. The van der Waals surface area contributed by atoms with Gasteiger partial charge in [-0.15, -0.1) is 0 Å². The second-order valence-corrected chi connectivity index (χ2v) is 7.93. The van der Waals surface area contributed by atoms with E-state index in [9.17, 15) is 19.2 Å². The lowest BCUT2D eigenvalue weighted by molar-refractivity contribution is -0.151. The normalized spacial score (nSPS) is 22.1. The van der Waals surface area contributed by atoms with Crippen molar-refractivity contribution in [2.45, 2.75) is 38.3 Å². The number of hydrogen-bond donors (Lipinski definition) is 2. The second kappa shape index (κ2) is 7.47. The van der Waals surface area contributed by atoms with E-state index < -0.39 is 48.5 Å². The first-order valence-corrected chi connectivity index (χ1v) is 9.85. The van der Waals surface area contributed by atoms with Crippen LogP contribution >= 0.6 is 0 Å². The molecule has 2 heterocycles. The topological polar surface area (TPSA) is 118 Å². The van der Waals surface area contributed by atoms with Gasteiger partial charge in [0.25, 0.3) is 11.8 Å². The minimum atomic E-state index is -0.962. The zero-order valence-electron chi connectivity index (χ0n) is 16.8. The van der Waals surface area contributed by atoms with Crippen LogP contribution in [0.1, 0.15) is 38.5 Å². The number of hydrogen-bond acceptors (Lipinski definition) is 6. The molecule has 2 atom stereocenters. The van der Waals surface area contributed by atoms with Crippen molar-refractivity contribution in [3.05, 3.63) is 36.1 Å². The van der Waals surface area contributed by atoms with E-state index in [-0.39, 0.29) is 5.92 Å². The van der Waals surface area contributed by atoms with Crippen LogP contribution in [0.25, 0.3) is 11.0 Å².